The predicted molar refractivity (Wildman–Crippen MR) is 71.5 cm³/mol. The Balaban J connectivity index is 1.77. The number of nitrogens with zero attached hydrogens (tertiary/aromatic N) is 3. The molecule has 0 amide bonds. The van der Waals surface area contributed by atoms with Crippen LogP contribution in [0.2, 0.25) is 0 Å². The normalized spacial score (nSPS) is 10.7. The molecule has 1 heterocycles. The molecule has 0 fully saturated rings. The van der Waals surface area contributed by atoms with Crippen molar-refractivity contribution in [3.8, 4) is 5.75 Å². The van der Waals surface area contributed by atoms with Gasteiger partial charge in [0.25, 0.3) is 0 Å². The fourth-order valence-corrected chi connectivity index (χ4v) is 2.22. The van der Waals surface area contributed by atoms with Gasteiger partial charge in [-0.25, -0.2) is 4.39 Å². The van der Waals surface area contributed by atoms with Crippen molar-refractivity contribution < 1.29 is 9.13 Å². The summed E-state index contributed by atoms with van der Waals surface area (Å²) in [6, 6.07) is 5.96. The second kappa shape index (κ2) is 6.53. The highest BCUT2D eigenvalue weighted by Crippen LogP contribution is 2.16. The van der Waals surface area contributed by atoms with Crippen LogP contribution in [0.1, 0.15) is 5.82 Å². The van der Waals surface area contributed by atoms with Gasteiger partial charge in [-0.2, -0.15) is 0 Å². The predicted octanol–water partition coefficient (Wildman–Crippen LogP) is 1.58. The zero-order valence-corrected chi connectivity index (χ0v) is 11.4. The quantitative estimate of drug-likeness (QED) is 0.643. The van der Waals surface area contributed by atoms with Gasteiger partial charge in [-0.05, 0) is 24.3 Å². The fraction of sp³-hybridized carbons (Fsp3) is 0.333. The smallest absolute Gasteiger partial charge is 0.191 e. The molecule has 0 saturated carbocycles. The maximum atomic E-state index is 12.7. The van der Waals surface area contributed by atoms with Crippen LogP contribution in [-0.4, -0.2) is 27.1 Å². The second-order valence-corrected chi connectivity index (χ2v) is 4.87. The van der Waals surface area contributed by atoms with E-state index in [1.165, 1.54) is 12.1 Å². The monoisotopic (exact) mass is 282 g/mol. The lowest BCUT2D eigenvalue weighted by Crippen LogP contribution is -2.06. The molecule has 0 spiro atoms. The van der Waals surface area contributed by atoms with Gasteiger partial charge in [-0.1, -0.05) is 11.8 Å². The van der Waals surface area contributed by atoms with Gasteiger partial charge >= 0.3 is 0 Å². The highest BCUT2D eigenvalue weighted by Gasteiger charge is 2.07. The molecular weight excluding hydrogens is 267 g/mol. The van der Waals surface area contributed by atoms with Gasteiger partial charge < -0.3 is 15.0 Å². The van der Waals surface area contributed by atoms with Crippen molar-refractivity contribution in [2.45, 2.75) is 11.7 Å². The number of nitrogens with two attached hydrogens (primary N) is 1. The maximum Gasteiger partial charge on any atom is 0.191 e. The molecule has 0 aliphatic rings. The highest BCUT2D eigenvalue weighted by atomic mass is 32.2. The number of ether oxygens (including phenoxy) is 1. The molecule has 0 bridgehead atoms. The highest BCUT2D eigenvalue weighted by molar-refractivity contribution is 7.99. The molecule has 102 valence electrons. The average Bonchev–Trinajstić information content (AvgIpc) is 2.77. The van der Waals surface area contributed by atoms with Gasteiger partial charge in [-0.15, -0.1) is 10.2 Å². The van der Waals surface area contributed by atoms with Crippen LogP contribution in [0.5, 0.6) is 5.75 Å². The minimum Gasteiger partial charge on any atom is -0.493 e. The van der Waals surface area contributed by atoms with Crippen LogP contribution in [0.3, 0.4) is 0 Å². The summed E-state index contributed by atoms with van der Waals surface area (Å²) < 4.78 is 20.0. The molecule has 7 heteroatoms. The Morgan fingerprint density at radius 1 is 1.32 bits per heavy atom. The van der Waals surface area contributed by atoms with Crippen LogP contribution in [0.15, 0.2) is 29.4 Å². The summed E-state index contributed by atoms with van der Waals surface area (Å²) in [7, 11) is 1.88. The second-order valence-electron chi connectivity index (χ2n) is 3.81. The molecule has 0 atom stereocenters. The Kier molecular flexibility index (Phi) is 4.75. The molecule has 0 saturated heterocycles. The molecule has 0 aliphatic carbocycles. The Morgan fingerprint density at radius 2 is 2.05 bits per heavy atom. The first kappa shape index (κ1) is 13.8. The van der Waals surface area contributed by atoms with Crippen LogP contribution in [0, 0.1) is 5.82 Å². The number of thioether (sulfide) groups is 1. The van der Waals surface area contributed by atoms with E-state index in [0.29, 0.717) is 18.9 Å². The Morgan fingerprint density at radius 3 is 2.68 bits per heavy atom. The summed E-state index contributed by atoms with van der Waals surface area (Å²) in [5, 5.41) is 8.81. The molecule has 0 aliphatic heterocycles. The van der Waals surface area contributed by atoms with E-state index in [-0.39, 0.29) is 5.82 Å². The Bertz CT molecular complexity index is 529. The molecule has 5 nitrogen and oxygen atoms in total. The number of rotatable bonds is 6. The van der Waals surface area contributed by atoms with Crippen LogP contribution < -0.4 is 10.5 Å². The Labute approximate surface area is 115 Å². The summed E-state index contributed by atoms with van der Waals surface area (Å²) >= 11 is 1.54. The van der Waals surface area contributed by atoms with Crippen molar-refractivity contribution >= 4 is 11.8 Å². The lowest BCUT2D eigenvalue weighted by atomic mass is 10.3. The third-order valence-electron chi connectivity index (χ3n) is 2.50. The maximum absolute atomic E-state index is 12.7. The van der Waals surface area contributed by atoms with Crippen LogP contribution >= 0.6 is 11.8 Å². The third kappa shape index (κ3) is 3.68. The zero-order valence-electron chi connectivity index (χ0n) is 10.5. The largest absolute Gasteiger partial charge is 0.493 e. The van der Waals surface area contributed by atoms with E-state index < -0.39 is 0 Å². The van der Waals surface area contributed by atoms with E-state index in [9.17, 15) is 4.39 Å². The van der Waals surface area contributed by atoms with Crippen molar-refractivity contribution in [1.29, 1.82) is 0 Å². The average molecular weight is 282 g/mol. The first-order valence-corrected chi connectivity index (χ1v) is 6.78. The van der Waals surface area contributed by atoms with Crippen LogP contribution in [0.25, 0.3) is 0 Å². The molecule has 1 aromatic carbocycles. The molecule has 0 unspecified atom stereocenters. The Hall–Kier alpha value is -1.60. The number of aromatic nitrogens is 3. The van der Waals surface area contributed by atoms with Crippen molar-refractivity contribution in [1.82, 2.24) is 14.8 Å². The van der Waals surface area contributed by atoms with Crippen molar-refractivity contribution in [3.63, 3.8) is 0 Å². The number of hydrogen-bond donors (Lipinski definition) is 1. The van der Waals surface area contributed by atoms with Gasteiger partial charge in [-0.3, -0.25) is 0 Å². The summed E-state index contributed by atoms with van der Waals surface area (Å²) in [5.74, 6) is 1.87. The fourth-order valence-electron chi connectivity index (χ4n) is 1.47. The van der Waals surface area contributed by atoms with Gasteiger partial charge in [0.05, 0.1) is 13.2 Å². The first-order valence-electron chi connectivity index (χ1n) is 5.80. The summed E-state index contributed by atoms with van der Waals surface area (Å²) in [5.41, 5.74) is 5.52. The van der Waals surface area contributed by atoms with Gasteiger partial charge in [0.1, 0.15) is 17.4 Å². The molecular formula is C12H15FN4OS. The van der Waals surface area contributed by atoms with Gasteiger partial charge in [0.2, 0.25) is 0 Å². The summed E-state index contributed by atoms with van der Waals surface area (Å²) in [4.78, 5) is 0. The summed E-state index contributed by atoms with van der Waals surface area (Å²) in [6.45, 7) is 0.886. The standard InChI is InChI=1S/C12H15FN4OS/c1-17-11(8-14)15-16-12(17)19-7-6-18-10-4-2-9(13)3-5-10/h2-5H,6-8,14H2,1H3. The molecule has 1 aromatic heterocycles. The summed E-state index contributed by atoms with van der Waals surface area (Å²) in [6.07, 6.45) is 0. The van der Waals surface area contributed by atoms with Crippen molar-refractivity contribution in [3.05, 3.63) is 35.9 Å². The van der Waals surface area contributed by atoms with E-state index in [4.69, 9.17) is 10.5 Å². The molecule has 2 N–H and O–H groups in total. The van der Waals surface area contributed by atoms with E-state index in [0.717, 1.165) is 16.7 Å². The van der Waals surface area contributed by atoms with Crippen molar-refractivity contribution in [2.75, 3.05) is 12.4 Å². The van der Waals surface area contributed by atoms with Gasteiger partial charge in [0, 0.05) is 12.8 Å². The minimum absolute atomic E-state index is 0.268. The van der Waals surface area contributed by atoms with E-state index in [1.807, 2.05) is 11.6 Å². The van der Waals surface area contributed by atoms with E-state index in [1.54, 1.807) is 23.9 Å². The molecule has 0 radical (unpaired) electrons. The number of halogens is 1. The van der Waals surface area contributed by atoms with E-state index >= 15 is 0 Å². The lowest BCUT2D eigenvalue weighted by Gasteiger charge is -2.05. The minimum atomic E-state index is -0.268. The topological polar surface area (TPSA) is 66.0 Å². The van der Waals surface area contributed by atoms with E-state index in [2.05, 4.69) is 10.2 Å². The molecule has 2 rings (SSSR count). The third-order valence-corrected chi connectivity index (χ3v) is 3.49. The van der Waals surface area contributed by atoms with Crippen LogP contribution in [0.4, 0.5) is 4.39 Å². The van der Waals surface area contributed by atoms with Crippen LogP contribution in [-0.2, 0) is 13.6 Å². The van der Waals surface area contributed by atoms with Gasteiger partial charge in [0.15, 0.2) is 5.16 Å². The lowest BCUT2D eigenvalue weighted by molar-refractivity contribution is 0.343. The number of benzene rings is 1. The SMILES string of the molecule is Cn1c(CN)nnc1SCCOc1ccc(F)cc1. The molecule has 19 heavy (non-hydrogen) atoms. The molecule has 2 aromatic rings. The first-order chi connectivity index (χ1) is 9.20. The zero-order chi connectivity index (χ0) is 13.7. The number of hydrogen-bond acceptors (Lipinski definition) is 5. The van der Waals surface area contributed by atoms with Crippen molar-refractivity contribution in [2.24, 2.45) is 12.8 Å².